The smallest absolute Gasteiger partial charge is 0.443 e. The number of nitrogens with one attached hydrogen (secondary N) is 1. The highest BCUT2D eigenvalue weighted by Gasteiger charge is 2.31. The minimum Gasteiger partial charge on any atom is -0.443 e. The van der Waals surface area contributed by atoms with Crippen LogP contribution in [0.15, 0.2) is 24.3 Å². The molecule has 0 saturated carbocycles. The van der Waals surface area contributed by atoms with Crippen LogP contribution in [0.2, 0.25) is 0 Å². The predicted octanol–water partition coefficient (Wildman–Crippen LogP) is 3.99. The maximum atomic E-state index is 12.0. The molecule has 0 unspecified atom stereocenters. The van der Waals surface area contributed by atoms with Crippen LogP contribution in [0.25, 0.3) is 0 Å². The second kappa shape index (κ2) is 5.75. The molecule has 0 aliphatic heterocycles. The summed E-state index contributed by atoms with van der Waals surface area (Å²) in [5.74, 6) is -0.280. The van der Waals surface area contributed by atoms with Gasteiger partial charge >= 0.3 is 6.36 Å². The molecule has 0 amide bonds. The van der Waals surface area contributed by atoms with Crippen LogP contribution >= 0.6 is 0 Å². The van der Waals surface area contributed by atoms with Gasteiger partial charge in [-0.2, -0.15) is 0 Å². The molecule has 3 nitrogen and oxygen atoms in total. The van der Waals surface area contributed by atoms with Crippen molar-refractivity contribution in [3.63, 3.8) is 0 Å². The summed E-state index contributed by atoms with van der Waals surface area (Å²) >= 11 is 0. The van der Waals surface area contributed by atoms with Crippen molar-refractivity contribution in [3.8, 4) is 11.5 Å². The van der Waals surface area contributed by atoms with E-state index < -0.39 is 6.36 Å². The Labute approximate surface area is 103 Å². The van der Waals surface area contributed by atoms with E-state index in [2.05, 4.69) is 4.74 Å². The Morgan fingerprint density at radius 3 is 2.50 bits per heavy atom. The molecule has 0 aromatic heterocycles. The molecular weight excluding hydrogens is 247 g/mol. The second-order valence-electron chi connectivity index (χ2n) is 3.80. The molecule has 0 aliphatic carbocycles. The number of rotatable bonds is 4. The zero-order chi connectivity index (χ0) is 13.8. The highest BCUT2D eigenvalue weighted by atomic mass is 19.4. The molecule has 0 fully saturated rings. The Hall–Kier alpha value is -1.72. The Kier molecular flexibility index (Phi) is 4.58. The minimum absolute atomic E-state index is 0.0154. The quantitative estimate of drug-likeness (QED) is 0.657. The fourth-order valence-electron chi connectivity index (χ4n) is 1.15. The normalized spacial score (nSPS) is 12.9. The van der Waals surface area contributed by atoms with Gasteiger partial charge in [0.05, 0.1) is 0 Å². The van der Waals surface area contributed by atoms with Crippen LogP contribution < -0.4 is 9.47 Å². The molecule has 0 aliphatic rings. The summed E-state index contributed by atoms with van der Waals surface area (Å²) in [5.41, 5.74) is 0. The molecule has 1 rings (SSSR count). The monoisotopic (exact) mass is 261 g/mol. The number of halogens is 3. The lowest BCUT2D eigenvalue weighted by Crippen LogP contribution is -2.18. The molecule has 1 aromatic rings. The van der Waals surface area contributed by atoms with Crippen molar-refractivity contribution >= 4 is 5.90 Å². The number of ether oxygens (including phenoxy) is 2. The Morgan fingerprint density at radius 1 is 1.33 bits per heavy atom. The first-order valence-corrected chi connectivity index (χ1v) is 5.44. The summed E-state index contributed by atoms with van der Waals surface area (Å²) in [6.07, 6.45) is -4.01. The zero-order valence-electron chi connectivity index (χ0n) is 10.0. The lowest BCUT2D eigenvalue weighted by Gasteiger charge is -2.13. The van der Waals surface area contributed by atoms with E-state index in [1.165, 1.54) is 18.2 Å². The molecule has 0 spiro atoms. The van der Waals surface area contributed by atoms with Gasteiger partial charge in [-0.1, -0.05) is 19.9 Å². The van der Waals surface area contributed by atoms with E-state index in [4.69, 9.17) is 10.1 Å². The van der Waals surface area contributed by atoms with Gasteiger partial charge in [0, 0.05) is 12.0 Å². The van der Waals surface area contributed by atoms with Crippen molar-refractivity contribution in [1.82, 2.24) is 0 Å². The molecule has 0 bridgehead atoms. The minimum atomic E-state index is -4.73. The standard InChI is InChI=1S/C12H14F3NO2/c1-3-8(2)11(16)17-9-5-4-6-10(7-9)18-12(13,14)15/h4-8,16H,3H2,1-2H3/t8-/m0/s1. The SMILES string of the molecule is CC[C@H](C)C(=N)Oc1cccc(OC(F)(F)F)c1. The first-order chi connectivity index (χ1) is 8.31. The van der Waals surface area contributed by atoms with Crippen LogP contribution in [0.3, 0.4) is 0 Å². The predicted molar refractivity (Wildman–Crippen MR) is 60.9 cm³/mol. The van der Waals surface area contributed by atoms with E-state index in [0.717, 1.165) is 12.5 Å². The topological polar surface area (TPSA) is 42.3 Å². The van der Waals surface area contributed by atoms with Gasteiger partial charge in [0.1, 0.15) is 11.5 Å². The van der Waals surface area contributed by atoms with Gasteiger partial charge in [0.15, 0.2) is 5.90 Å². The van der Waals surface area contributed by atoms with E-state index in [1.54, 1.807) is 6.92 Å². The van der Waals surface area contributed by atoms with Gasteiger partial charge in [-0.15, -0.1) is 13.2 Å². The van der Waals surface area contributed by atoms with Gasteiger partial charge in [-0.25, -0.2) is 0 Å². The van der Waals surface area contributed by atoms with Gasteiger partial charge in [-0.05, 0) is 18.6 Å². The van der Waals surface area contributed by atoms with Crippen molar-refractivity contribution < 1.29 is 22.6 Å². The number of benzene rings is 1. The average Bonchev–Trinajstić information content (AvgIpc) is 2.26. The summed E-state index contributed by atoms with van der Waals surface area (Å²) < 4.78 is 45.0. The highest BCUT2D eigenvalue weighted by molar-refractivity contribution is 5.77. The van der Waals surface area contributed by atoms with Gasteiger partial charge in [0.2, 0.25) is 0 Å². The van der Waals surface area contributed by atoms with Gasteiger partial charge < -0.3 is 9.47 Å². The molecule has 0 saturated heterocycles. The average molecular weight is 261 g/mol. The summed E-state index contributed by atoms with van der Waals surface area (Å²) in [5, 5.41) is 7.60. The Morgan fingerprint density at radius 2 is 1.94 bits per heavy atom. The zero-order valence-corrected chi connectivity index (χ0v) is 10.0. The molecule has 1 N–H and O–H groups in total. The lowest BCUT2D eigenvalue weighted by molar-refractivity contribution is -0.274. The summed E-state index contributed by atoms with van der Waals surface area (Å²) in [6.45, 7) is 3.70. The highest BCUT2D eigenvalue weighted by Crippen LogP contribution is 2.26. The first-order valence-electron chi connectivity index (χ1n) is 5.44. The third kappa shape index (κ3) is 4.65. The van der Waals surface area contributed by atoms with Crippen LogP contribution in [-0.4, -0.2) is 12.3 Å². The fraction of sp³-hybridized carbons (Fsp3) is 0.417. The first kappa shape index (κ1) is 14.3. The van der Waals surface area contributed by atoms with E-state index in [-0.39, 0.29) is 23.3 Å². The third-order valence-electron chi connectivity index (χ3n) is 2.33. The van der Waals surface area contributed by atoms with Crippen molar-refractivity contribution in [2.45, 2.75) is 26.6 Å². The molecule has 6 heteroatoms. The largest absolute Gasteiger partial charge is 0.573 e. The Bertz CT molecular complexity index is 418. The molecule has 1 atom stereocenters. The van der Waals surface area contributed by atoms with Crippen LogP contribution in [0, 0.1) is 11.3 Å². The molecule has 0 heterocycles. The van der Waals surface area contributed by atoms with Crippen molar-refractivity contribution in [2.24, 2.45) is 5.92 Å². The third-order valence-corrected chi connectivity index (χ3v) is 2.33. The second-order valence-corrected chi connectivity index (χ2v) is 3.80. The molecule has 1 aromatic carbocycles. The molecule has 18 heavy (non-hydrogen) atoms. The van der Waals surface area contributed by atoms with Gasteiger partial charge in [0.25, 0.3) is 0 Å². The maximum absolute atomic E-state index is 12.0. The van der Waals surface area contributed by atoms with Crippen LogP contribution in [0.4, 0.5) is 13.2 Å². The van der Waals surface area contributed by atoms with Crippen molar-refractivity contribution in [2.75, 3.05) is 0 Å². The molecule has 100 valence electrons. The summed E-state index contributed by atoms with van der Waals surface area (Å²) in [7, 11) is 0. The van der Waals surface area contributed by atoms with Crippen LogP contribution in [0.1, 0.15) is 20.3 Å². The summed E-state index contributed by atoms with van der Waals surface area (Å²) in [6, 6.07) is 5.12. The number of hydrogen-bond acceptors (Lipinski definition) is 3. The van der Waals surface area contributed by atoms with Crippen LogP contribution in [0.5, 0.6) is 11.5 Å². The van der Waals surface area contributed by atoms with Gasteiger partial charge in [-0.3, -0.25) is 5.41 Å². The molecular formula is C12H14F3NO2. The number of hydrogen-bond donors (Lipinski definition) is 1. The molecule has 0 radical (unpaired) electrons. The van der Waals surface area contributed by atoms with Crippen molar-refractivity contribution in [1.29, 1.82) is 5.41 Å². The van der Waals surface area contributed by atoms with Crippen molar-refractivity contribution in [3.05, 3.63) is 24.3 Å². The van der Waals surface area contributed by atoms with E-state index in [9.17, 15) is 13.2 Å². The van der Waals surface area contributed by atoms with E-state index in [1.807, 2.05) is 6.92 Å². The fourth-order valence-corrected chi connectivity index (χ4v) is 1.15. The van der Waals surface area contributed by atoms with E-state index >= 15 is 0 Å². The van der Waals surface area contributed by atoms with E-state index in [0.29, 0.717) is 0 Å². The Balaban J connectivity index is 2.74. The number of alkyl halides is 3. The lowest BCUT2D eigenvalue weighted by atomic mass is 10.1. The van der Waals surface area contributed by atoms with Crippen LogP contribution in [-0.2, 0) is 0 Å². The summed E-state index contributed by atoms with van der Waals surface area (Å²) in [4.78, 5) is 0. The maximum Gasteiger partial charge on any atom is 0.573 e.